The molecule has 4 N–H and O–H groups in total. The van der Waals surface area contributed by atoms with Crippen LogP contribution in [0.1, 0.15) is 162 Å². The number of allylic oxidation sites excluding steroid dienone is 12. The zero-order valence-electron chi connectivity index (χ0n) is 35.8. The third-order valence-corrected chi connectivity index (χ3v) is 9.86. The first kappa shape index (κ1) is 52.6. The second-order valence-corrected chi connectivity index (χ2v) is 15.1. The Morgan fingerprint density at radius 2 is 1.07 bits per heavy atom. The number of carbonyl (C=O) groups excluding carboxylic acids is 1. The molecule has 9 heteroatoms. The van der Waals surface area contributed by atoms with E-state index in [0.717, 1.165) is 89.9 Å². The van der Waals surface area contributed by atoms with Gasteiger partial charge in [-0.05, 0) is 83.5 Å². The summed E-state index contributed by atoms with van der Waals surface area (Å²) in [7, 11) is 0. The lowest BCUT2D eigenvalue weighted by Gasteiger charge is -2.39. The lowest BCUT2D eigenvalue weighted by molar-refractivity contribution is -0.305. The van der Waals surface area contributed by atoms with E-state index >= 15 is 0 Å². The summed E-state index contributed by atoms with van der Waals surface area (Å²) in [5.74, 6) is -0.343. The molecule has 1 rings (SSSR count). The Hall–Kier alpha value is -2.37. The number of aliphatic hydroxyl groups excluding tert-OH is 4. The van der Waals surface area contributed by atoms with Crippen molar-refractivity contribution in [2.75, 3.05) is 26.4 Å². The predicted octanol–water partition coefficient (Wildman–Crippen LogP) is 10.1. The molecule has 0 aromatic heterocycles. The van der Waals surface area contributed by atoms with Crippen molar-refractivity contribution in [3.63, 3.8) is 0 Å². The molecule has 0 saturated carbocycles. The van der Waals surface area contributed by atoms with Crippen LogP contribution >= 0.6 is 0 Å². The molecule has 0 aromatic carbocycles. The van der Waals surface area contributed by atoms with Crippen molar-refractivity contribution in [1.82, 2.24) is 0 Å². The normalized spacial score (nSPS) is 21.1. The first-order valence-corrected chi connectivity index (χ1v) is 22.5. The highest BCUT2D eigenvalue weighted by Gasteiger charge is 2.44. The number of unbranched alkanes of at least 4 members (excludes halogenated alkanes) is 14. The summed E-state index contributed by atoms with van der Waals surface area (Å²) < 4.78 is 22.8. The highest BCUT2D eigenvalue weighted by molar-refractivity contribution is 5.69. The molecule has 0 bridgehead atoms. The first-order chi connectivity index (χ1) is 27.9. The quantitative estimate of drug-likeness (QED) is 0.0275. The molecule has 1 aliphatic rings. The topological polar surface area (TPSA) is 135 Å². The summed E-state index contributed by atoms with van der Waals surface area (Å²) in [6.45, 7) is 4.36. The van der Waals surface area contributed by atoms with E-state index in [2.05, 4.69) is 86.8 Å². The smallest absolute Gasteiger partial charge is 0.306 e. The first-order valence-electron chi connectivity index (χ1n) is 22.5. The average Bonchev–Trinajstić information content (AvgIpc) is 3.21. The summed E-state index contributed by atoms with van der Waals surface area (Å²) in [6, 6.07) is 0. The average molecular weight is 803 g/mol. The fourth-order valence-corrected chi connectivity index (χ4v) is 6.33. The third-order valence-electron chi connectivity index (χ3n) is 9.86. The van der Waals surface area contributed by atoms with Crippen LogP contribution in [0.5, 0.6) is 0 Å². The van der Waals surface area contributed by atoms with Crippen LogP contribution in [-0.4, -0.2) is 89.6 Å². The Labute approximate surface area is 347 Å². The number of aliphatic hydroxyl groups is 4. The number of rotatable bonds is 37. The van der Waals surface area contributed by atoms with Crippen molar-refractivity contribution in [2.24, 2.45) is 0 Å². The molecule has 6 unspecified atom stereocenters. The van der Waals surface area contributed by atoms with Crippen LogP contribution in [0, 0.1) is 0 Å². The highest BCUT2D eigenvalue weighted by Crippen LogP contribution is 2.22. The van der Waals surface area contributed by atoms with Gasteiger partial charge in [-0.15, -0.1) is 0 Å². The van der Waals surface area contributed by atoms with E-state index in [1.54, 1.807) is 0 Å². The standard InChI is InChI=1S/C48H82O9/c1-3-5-7-9-11-13-15-17-19-21-23-25-27-29-31-33-35-37-44(50)56-42(41-55-48-47(53)46(52)45(51)43(39-49)57-48)40-54-38-36-34-32-30-28-26-24-22-20-18-16-14-12-10-8-6-4-2/h5,7,11,13-14,16-17,19-20,22-23,25,42-43,45-49,51-53H,3-4,6,8-10,12,15,18,21,24,26-41H2,1-2H3/b7-5-,13-11-,16-14-,19-17-,22-20-,25-23-. The van der Waals surface area contributed by atoms with E-state index in [1.165, 1.54) is 51.4 Å². The van der Waals surface area contributed by atoms with Gasteiger partial charge in [-0.2, -0.15) is 0 Å². The minimum Gasteiger partial charge on any atom is -0.457 e. The fourth-order valence-electron chi connectivity index (χ4n) is 6.33. The molecule has 1 saturated heterocycles. The minimum atomic E-state index is -1.55. The van der Waals surface area contributed by atoms with Gasteiger partial charge in [-0.1, -0.05) is 145 Å². The van der Waals surface area contributed by atoms with E-state index in [9.17, 15) is 25.2 Å². The third kappa shape index (κ3) is 30.4. The lowest BCUT2D eigenvalue weighted by Crippen LogP contribution is -2.59. The second-order valence-electron chi connectivity index (χ2n) is 15.1. The van der Waals surface area contributed by atoms with Gasteiger partial charge in [0.1, 0.15) is 30.5 Å². The maximum atomic E-state index is 12.8. The molecule has 57 heavy (non-hydrogen) atoms. The van der Waals surface area contributed by atoms with Gasteiger partial charge in [-0.25, -0.2) is 0 Å². The predicted molar refractivity (Wildman–Crippen MR) is 233 cm³/mol. The van der Waals surface area contributed by atoms with Gasteiger partial charge in [0.25, 0.3) is 0 Å². The lowest BCUT2D eigenvalue weighted by atomic mass is 9.99. The maximum absolute atomic E-state index is 12.8. The Morgan fingerprint density at radius 3 is 1.61 bits per heavy atom. The molecule has 0 radical (unpaired) electrons. The minimum absolute atomic E-state index is 0.123. The van der Waals surface area contributed by atoms with E-state index in [0.29, 0.717) is 6.61 Å². The van der Waals surface area contributed by atoms with Crippen molar-refractivity contribution in [1.29, 1.82) is 0 Å². The van der Waals surface area contributed by atoms with Crippen LogP contribution in [0.2, 0.25) is 0 Å². The molecule has 0 amide bonds. The summed E-state index contributed by atoms with van der Waals surface area (Å²) in [5, 5.41) is 40.1. The van der Waals surface area contributed by atoms with Crippen LogP contribution in [0.15, 0.2) is 72.9 Å². The van der Waals surface area contributed by atoms with Crippen molar-refractivity contribution in [3.05, 3.63) is 72.9 Å². The zero-order chi connectivity index (χ0) is 41.4. The van der Waals surface area contributed by atoms with E-state index in [1.807, 2.05) is 0 Å². The Kier molecular flexibility index (Phi) is 36.1. The number of ether oxygens (including phenoxy) is 4. The molecule has 9 nitrogen and oxygen atoms in total. The van der Waals surface area contributed by atoms with Crippen LogP contribution in [-0.2, 0) is 23.7 Å². The van der Waals surface area contributed by atoms with E-state index < -0.39 is 43.4 Å². The molecule has 1 fully saturated rings. The van der Waals surface area contributed by atoms with Crippen LogP contribution in [0.3, 0.4) is 0 Å². The van der Waals surface area contributed by atoms with Crippen molar-refractivity contribution in [2.45, 2.75) is 198 Å². The Balaban J connectivity index is 2.31. The number of esters is 1. The van der Waals surface area contributed by atoms with Gasteiger partial charge in [0.15, 0.2) is 6.29 Å². The van der Waals surface area contributed by atoms with Crippen molar-refractivity contribution in [3.8, 4) is 0 Å². The van der Waals surface area contributed by atoms with Gasteiger partial charge in [0.2, 0.25) is 0 Å². The summed E-state index contributed by atoms with van der Waals surface area (Å²) in [6.07, 6.45) is 43.5. The molecule has 0 aromatic rings. The summed E-state index contributed by atoms with van der Waals surface area (Å²) >= 11 is 0. The molecule has 1 aliphatic heterocycles. The van der Waals surface area contributed by atoms with Crippen LogP contribution in [0.25, 0.3) is 0 Å². The largest absolute Gasteiger partial charge is 0.457 e. The monoisotopic (exact) mass is 803 g/mol. The van der Waals surface area contributed by atoms with E-state index in [4.69, 9.17) is 18.9 Å². The molecule has 1 heterocycles. The number of carbonyl (C=O) groups is 1. The zero-order valence-corrected chi connectivity index (χ0v) is 35.8. The maximum Gasteiger partial charge on any atom is 0.306 e. The highest BCUT2D eigenvalue weighted by atomic mass is 16.7. The molecular formula is C48H82O9. The van der Waals surface area contributed by atoms with Crippen molar-refractivity contribution >= 4 is 5.97 Å². The number of hydrogen-bond acceptors (Lipinski definition) is 9. The summed E-state index contributed by atoms with van der Waals surface area (Å²) in [5.41, 5.74) is 0. The number of hydrogen-bond donors (Lipinski definition) is 4. The van der Waals surface area contributed by atoms with Crippen molar-refractivity contribution < 1.29 is 44.2 Å². The Bertz CT molecular complexity index is 1100. The fraction of sp³-hybridized carbons (Fsp3) is 0.729. The van der Waals surface area contributed by atoms with Gasteiger partial charge < -0.3 is 39.4 Å². The molecule has 0 aliphatic carbocycles. The van der Waals surface area contributed by atoms with Crippen LogP contribution < -0.4 is 0 Å². The van der Waals surface area contributed by atoms with Gasteiger partial charge in [0.05, 0.1) is 19.8 Å². The van der Waals surface area contributed by atoms with Crippen LogP contribution in [0.4, 0.5) is 0 Å². The summed E-state index contributed by atoms with van der Waals surface area (Å²) in [4.78, 5) is 12.8. The second kappa shape index (κ2) is 39.1. The molecular weight excluding hydrogens is 721 g/mol. The SMILES string of the molecule is CC/C=C\C/C=C\C/C=C\C/C=C\CCCCCCC(=O)OC(COCCCCCCCC/C=C\C/C=C\CCCCCC)COC1OC(CO)C(O)C(O)C1O. The van der Waals surface area contributed by atoms with Gasteiger partial charge in [0, 0.05) is 13.0 Å². The van der Waals surface area contributed by atoms with Gasteiger partial charge in [-0.3, -0.25) is 4.79 Å². The molecule has 328 valence electrons. The Morgan fingerprint density at radius 1 is 0.579 bits per heavy atom. The van der Waals surface area contributed by atoms with Gasteiger partial charge >= 0.3 is 5.97 Å². The molecule has 0 spiro atoms. The molecule has 6 atom stereocenters. The van der Waals surface area contributed by atoms with E-state index in [-0.39, 0.29) is 25.6 Å².